The molecule has 0 aliphatic carbocycles. The molecule has 0 spiro atoms. The van der Waals surface area contributed by atoms with E-state index in [2.05, 4.69) is 43.4 Å². The molecule has 2 aromatic heterocycles. The van der Waals surface area contributed by atoms with Crippen LogP contribution in [0.3, 0.4) is 0 Å². The smallest absolute Gasteiger partial charge is 0.266 e. The Balaban J connectivity index is 1.85. The normalized spacial score (nSPS) is 12.2. The average Bonchev–Trinajstić information content (AvgIpc) is 3.10. The molecule has 0 fully saturated rings. The Labute approximate surface area is 160 Å². The predicted octanol–water partition coefficient (Wildman–Crippen LogP) is 5.99. The summed E-state index contributed by atoms with van der Waals surface area (Å²) < 4.78 is 1.01. The predicted molar refractivity (Wildman–Crippen MR) is 110 cm³/mol. The first-order chi connectivity index (χ1) is 11.8. The summed E-state index contributed by atoms with van der Waals surface area (Å²) in [6.07, 6.45) is 1.66. The summed E-state index contributed by atoms with van der Waals surface area (Å²) in [7, 11) is 0. The number of rotatable bonds is 3. The Hall–Kier alpha value is -1.69. The molecule has 0 saturated heterocycles. The van der Waals surface area contributed by atoms with Gasteiger partial charge < -0.3 is 0 Å². The summed E-state index contributed by atoms with van der Waals surface area (Å²) in [6, 6.07) is 8.19. The maximum absolute atomic E-state index is 12.4. The van der Waals surface area contributed by atoms with Crippen LogP contribution in [-0.2, 0) is 5.41 Å². The average molecular weight is 391 g/mol. The summed E-state index contributed by atoms with van der Waals surface area (Å²) in [4.78, 5) is 13.9. The minimum atomic E-state index is -0.283. The van der Waals surface area contributed by atoms with Crippen LogP contribution in [0.4, 0.5) is 0 Å². The van der Waals surface area contributed by atoms with Gasteiger partial charge in [0.25, 0.3) is 5.91 Å². The quantitative estimate of drug-likeness (QED) is 0.433. The van der Waals surface area contributed by atoms with E-state index in [1.54, 1.807) is 17.6 Å². The fourth-order valence-electron chi connectivity index (χ4n) is 2.39. The van der Waals surface area contributed by atoms with Crippen molar-refractivity contribution < 1.29 is 4.79 Å². The number of hydrogen-bond acceptors (Lipinski definition) is 4. The number of nitrogens with zero attached hydrogens (tertiary/aromatic N) is 1. The zero-order chi connectivity index (χ0) is 18.2. The molecule has 0 aliphatic heterocycles. The first-order valence-electron chi connectivity index (χ1n) is 7.87. The van der Waals surface area contributed by atoms with Gasteiger partial charge in [-0.25, -0.2) is 5.43 Å². The van der Waals surface area contributed by atoms with Crippen LogP contribution in [0.15, 0.2) is 34.7 Å². The minimum absolute atomic E-state index is 0.0515. The molecule has 25 heavy (non-hydrogen) atoms. The van der Waals surface area contributed by atoms with E-state index < -0.39 is 0 Å². The van der Waals surface area contributed by atoms with Crippen molar-refractivity contribution >= 4 is 56.5 Å². The molecule has 0 radical (unpaired) electrons. The fraction of sp³-hybridized carbons (Fsp3) is 0.263. The van der Waals surface area contributed by atoms with Gasteiger partial charge in [0.05, 0.1) is 11.2 Å². The van der Waals surface area contributed by atoms with Gasteiger partial charge >= 0.3 is 0 Å². The molecule has 0 bridgehead atoms. The third-order valence-electron chi connectivity index (χ3n) is 3.95. The van der Waals surface area contributed by atoms with E-state index in [-0.39, 0.29) is 11.3 Å². The van der Waals surface area contributed by atoms with E-state index >= 15 is 0 Å². The first kappa shape index (κ1) is 18.1. The van der Waals surface area contributed by atoms with E-state index in [1.165, 1.54) is 16.9 Å². The van der Waals surface area contributed by atoms with Crippen LogP contribution >= 0.6 is 34.3 Å². The Morgan fingerprint density at radius 2 is 2.04 bits per heavy atom. The van der Waals surface area contributed by atoms with Crippen LogP contribution in [0.2, 0.25) is 5.02 Å². The van der Waals surface area contributed by atoms with Crippen LogP contribution < -0.4 is 5.43 Å². The highest BCUT2D eigenvalue weighted by molar-refractivity contribution is 7.21. The molecule has 6 heteroatoms. The van der Waals surface area contributed by atoms with Crippen molar-refractivity contribution in [1.82, 2.24) is 5.43 Å². The van der Waals surface area contributed by atoms with Gasteiger partial charge in [-0.15, -0.1) is 22.7 Å². The van der Waals surface area contributed by atoms with Gasteiger partial charge in [-0.3, -0.25) is 4.79 Å². The van der Waals surface area contributed by atoms with Crippen LogP contribution in [0.5, 0.6) is 0 Å². The van der Waals surface area contributed by atoms with E-state index in [9.17, 15) is 4.79 Å². The first-order valence-corrected chi connectivity index (χ1v) is 9.95. The molecule has 0 saturated carbocycles. The van der Waals surface area contributed by atoms with Crippen molar-refractivity contribution in [2.45, 2.75) is 33.1 Å². The fourth-order valence-corrected chi connectivity index (χ4v) is 4.63. The van der Waals surface area contributed by atoms with Crippen molar-refractivity contribution in [3.63, 3.8) is 0 Å². The summed E-state index contributed by atoms with van der Waals surface area (Å²) in [6.45, 7) is 8.50. The van der Waals surface area contributed by atoms with Crippen LogP contribution in [0.1, 0.15) is 46.4 Å². The molecule has 0 unspecified atom stereocenters. The summed E-state index contributed by atoms with van der Waals surface area (Å²) in [5.41, 5.74) is 4.98. The van der Waals surface area contributed by atoms with E-state index in [1.807, 2.05) is 24.4 Å². The zero-order valence-electron chi connectivity index (χ0n) is 14.5. The number of hydrogen-bond donors (Lipinski definition) is 1. The molecule has 3 aromatic rings. The minimum Gasteiger partial charge on any atom is -0.266 e. The second-order valence-electron chi connectivity index (χ2n) is 6.87. The highest BCUT2D eigenvalue weighted by Gasteiger charge is 2.19. The Morgan fingerprint density at radius 3 is 2.68 bits per heavy atom. The molecule has 2 heterocycles. The number of nitrogens with one attached hydrogen (secondary N) is 1. The van der Waals surface area contributed by atoms with Crippen LogP contribution in [0, 0.1) is 6.92 Å². The lowest BCUT2D eigenvalue weighted by Crippen LogP contribution is -2.16. The van der Waals surface area contributed by atoms with Gasteiger partial charge in [0.1, 0.15) is 4.88 Å². The third-order valence-corrected chi connectivity index (χ3v) is 6.56. The van der Waals surface area contributed by atoms with Gasteiger partial charge in [0, 0.05) is 15.0 Å². The number of fused-ring (bicyclic) bond motifs is 1. The number of aryl methyl sites for hydroxylation is 1. The second-order valence-corrected chi connectivity index (χ2v) is 9.25. The molecule has 130 valence electrons. The van der Waals surface area contributed by atoms with Crippen molar-refractivity contribution in [2.24, 2.45) is 5.10 Å². The summed E-state index contributed by atoms with van der Waals surface area (Å²) in [5.74, 6) is -0.283. The SMILES string of the molecule is Cc1ccsc1/C=N\NC(=O)c1sc2cc(C(C)(C)C)ccc2c1Cl. The maximum Gasteiger partial charge on any atom is 0.283 e. The molecule has 3 nitrogen and oxygen atoms in total. The zero-order valence-corrected chi connectivity index (χ0v) is 16.9. The number of thiophene rings is 2. The number of hydrazone groups is 1. The Bertz CT molecular complexity index is 964. The molecular weight excluding hydrogens is 372 g/mol. The van der Waals surface area contributed by atoms with Gasteiger partial charge in [-0.2, -0.15) is 5.10 Å². The monoisotopic (exact) mass is 390 g/mol. The molecular formula is C19H19ClN2OS2. The molecule has 0 aliphatic rings. The molecule has 3 rings (SSSR count). The molecule has 1 amide bonds. The number of benzene rings is 1. The lowest BCUT2D eigenvalue weighted by atomic mass is 9.87. The van der Waals surface area contributed by atoms with E-state index in [0.29, 0.717) is 9.90 Å². The Kier molecular flexibility index (Phi) is 5.00. The van der Waals surface area contributed by atoms with Crippen molar-refractivity contribution in [3.05, 3.63) is 55.5 Å². The lowest BCUT2D eigenvalue weighted by Gasteiger charge is -2.18. The van der Waals surface area contributed by atoms with Gasteiger partial charge in [-0.1, -0.05) is 44.5 Å². The van der Waals surface area contributed by atoms with Gasteiger partial charge in [0.15, 0.2) is 0 Å². The van der Waals surface area contributed by atoms with Gasteiger partial charge in [0.2, 0.25) is 0 Å². The van der Waals surface area contributed by atoms with Crippen molar-refractivity contribution in [1.29, 1.82) is 0 Å². The molecule has 0 atom stereocenters. The summed E-state index contributed by atoms with van der Waals surface area (Å²) >= 11 is 9.40. The third kappa shape index (κ3) is 3.78. The number of carbonyl (C=O) groups excluding carboxylic acids is 1. The number of amides is 1. The standard InChI is InChI=1S/C19H19ClN2OS2/c1-11-7-8-24-15(11)10-21-22-18(23)17-16(20)13-6-5-12(19(2,3)4)9-14(13)25-17/h5-10H,1-4H3,(H,22,23)/b21-10-. The number of halogens is 1. The van der Waals surface area contributed by atoms with E-state index in [0.717, 1.165) is 20.5 Å². The largest absolute Gasteiger partial charge is 0.283 e. The van der Waals surface area contributed by atoms with Crippen molar-refractivity contribution in [3.8, 4) is 0 Å². The molecule has 1 N–H and O–H groups in total. The van der Waals surface area contributed by atoms with Crippen LogP contribution in [-0.4, -0.2) is 12.1 Å². The highest BCUT2D eigenvalue weighted by Crippen LogP contribution is 2.37. The van der Waals surface area contributed by atoms with E-state index in [4.69, 9.17) is 11.6 Å². The highest BCUT2D eigenvalue weighted by atomic mass is 35.5. The Morgan fingerprint density at radius 1 is 1.28 bits per heavy atom. The lowest BCUT2D eigenvalue weighted by molar-refractivity contribution is 0.0959. The molecule has 1 aromatic carbocycles. The summed E-state index contributed by atoms with van der Waals surface area (Å²) in [5, 5.41) is 7.44. The topological polar surface area (TPSA) is 41.5 Å². The second kappa shape index (κ2) is 6.90. The van der Waals surface area contributed by atoms with Crippen LogP contribution in [0.25, 0.3) is 10.1 Å². The van der Waals surface area contributed by atoms with Gasteiger partial charge in [-0.05, 0) is 41.0 Å². The maximum atomic E-state index is 12.4. The van der Waals surface area contributed by atoms with Crippen molar-refractivity contribution in [2.75, 3.05) is 0 Å². The number of carbonyl (C=O) groups is 1.